The maximum atomic E-state index is 11.7. The van der Waals surface area contributed by atoms with E-state index in [1.54, 1.807) is 19.4 Å². The number of hydrogen-bond donors (Lipinski definition) is 1. The standard InChI is InChI=1S/C14H23N3O2/c1-16-9-10-17(14(19)13(16)18)8-7-15-11-12-5-3-2-4-6-12/h9-10,12,15H,2-8,11H2,1H3. The molecule has 1 saturated carbocycles. The average molecular weight is 265 g/mol. The van der Waals surface area contributed by atoms with Crippen molar-refractivity contribution in [1.29, 1.82) is 0 Å². The molecule has 0 aliphatic heterocycles. The van der Waals surface area contributed by atoms with E-state index < -0.39 is 11.1 Å². The van der Waals surface area contributed by atoms with Gasteiger partial charge in [-0.1, -0.05) is 19.3 Å². The molecule has 1 N–H and O–H groups in total. The first-order chi connectivity index (χ1) is 9.18. The number of aryl methyl sites for hydroxylation is 1. The minimum atomic E-state index is -0.463. The number of nitrogens with one attached hydrogen (secondary N) is 1. The quantitative estimate of drug-likeness (QED) is 0.630. The third-order valence-corrected chi connectivity index (χ3v) is 3.92. The van der Waals surface area contributed by atoms with Gasteiger partial charge in [-0.3, -0.25) is 9.59 Å². The lowest BCUT2D eigenvalue weighted by atomic mass is 9.89. The predicted octanol–water partition coefficient (Wildman–Crippen LogP) is 0.717. The van der Waals surface area contributed by atoms with Crippen LogP contribution in [0.15, 0.2) is 22.0 Å². The molecular formula is C14H23N3O2. The van der Waals surface area contributed by atoms with Crippen molar-refractivity contribution in [2.75, 3.05) is 13.1 Å². The molecule has 0 amide bonds. The normalized spacial score (nSPS) is 16.7. The molecule has 0 unspecified atom stereocenters. The Morgan fingerprint density at radius 3 is 2.63 bits per heavy atom. The van der Waals surface area contributed by atoms with Gasteiger partial charge in [-0.2, -0.15) is 0 Å². The van der Waals surface area contributed by atoms with Crippen LogP contribution in [-0.2, 0) is 13.6 Å². The van der Waals surface area contributed by atoms with Crippen molar-refractivity contribution in [3.05, 3.63) is 33.1 Å². The average Bonchev–Trinajstić information content (AvgIpc) is 2.44. The fraction of sp³-hybridized carbons (Fsp3) is 0.714. The Morgan fingerprint density at radius 2 is 1.89 bits per heavy atom. The number of rotatable bonds is 5. The first-order valence-corrected chi connectivity index (χ1v) is 7.15. The highest BCUT2D eigenvalue weighted by Crippen LogP contribution is 2.22. The van der Waals surface area contributed by atoms with Gasteiger partial charge in [0.2, 0.25) is 0 Å². The molecule has 2 rings (SSSR count). The Hall–Kier alpha value is -1.36. The molecule has 1 aromatic rings. The molecule has 5 heteroatoms. The van der Waals surface area contributed by atoms with Gasteiger partial charge < -0.3 is 14.5 Å². The topological polar surface area (TPSA) is 56.0 Å². The minimum Gasteiger partial charge on any atom is -0.315 e. The predicted molar refractivity (Wildman–Crippen MR) is 75.4 cm³/mol. The van der Waals surface area contributed by atoms with E-state index in [-0.39, 0.29) is 0 Å². The molecule has 0 aromatic carbocycles. The second-order valence-electron chi connectivity index (χ2n) is 5.42. The third-order valence-electron chi connectivity index (χ3n) is 3.92. The molecule has 106 valence electrons. The molecule has 0 spiro atoms. The van der Waals surface area contributed by atoms with E-state index in [0.717, 1.165) is 19.0 Å². The number of hydrogen-bond acceptors (Lipinski definition) is 3. The van der Waals surface area contributed by atoms with Gasteiger partial charge in [0.15, 0.2) is 0 Å². The maximum absolute atomic E-state index is 11.7. The highest BCUT2D eigenvalue weighted by atomic mass is 16.2. The van der Waals surface area contributed by atoms with E-state index in [1.165, 1.54) is 41.2 Å². The van der Waals surface area contributed by atoms with E-state index in [0.29, 0.717) is 6.54 Å². The largest absolute Gasteiger partial charge is 0.316 e. The zero-order chi connectivity index (χ0) is 13.7. The van der Waals surface area contributed by atoms with Gasteiger partial charge in [0.1, 0.15) is 0 Å². The van der Waals surface area contributed by atoms with Crippen molar-refractivity contribution in [2.45, 2.75) is 38.6 Å². The molecule has 1 aliphatic rings. The van der Waals surface area contributed by atoms with Crippen LogP contribution < -0.4 is 16.4 Å². The first kappa shape index (κ1) is 14.1. The first-order valence-electron chi connectivity index (χ1n) is 7.15. The smallest absolute Gasteiger partial charge is 0.315 e. The van der Waals surface area contributed by atoms with Crippen LogP contribution in [0.25, 0.3) is 0 Å². The van der Waals surface area contributed by atoms with Crippen LogP contribution in [-0.4, -0.2) is 22.2 Å². The van der Waals surface area contributed by atoms with Crippen molar-refractivity contribution >= 4 is 0 Å². The Kier molecular flexibility index (Phi) is 4.96. The Labute approximate surface area is 113 Å². The van der Waals surface area contributed by atoms with Crippen LogP contribution >= 0.6 is 0 Å². The molecule has 0 atom stereocenters. The maximum Gasteiger partial charge on any atom is 0.316 e. The third kappa shape index (κ3) is 3.80. The van der Waals surface area contributed by atoms with Gasteiger partial charge in [-0.25, -0.2) is 0 Å². The second kappa shape index (κ2) is 6.70. The summed E-state index contributed by atoms with van der Waals surface area (Å²) in [5.74, 6) is 0.786. The molecule has 0 saturated heterocycles. The minimum absolute atomic E-state index is 0.440. The number of aromatic nitrogens is 2. The molecule has 0 radical (unpaired) electrons. The van der Waals surface area contributed by atoms with Gasteiger partial charge in [-0.15, -0.1) is 0 Å². The lowest BCUT2D eigenvalue weighted by Crippen LogP contribution is -2.41. The number of nitrogens with zero attached hydrogens (tertiary/aromatic N) is 2. The highest BCUT2D eigenvalue weighted by molar-refractivity contribution is 4.84. The lowest BCUT2D eigenvalue weighted by Gasteiger charge is -2.21. The van der Waals surface area contributed by atoms with Crippen molar-refractivity contribution in [1.82, 2.24) is 14.5 Å². The van der Waals surface area contributed by atoms with Crippen LogP contribution in [0.2, 0.25) is 0 Å². The molecule has 5 nitrogen and oxygen atoms in total. The fourth-order valence-corrected chi connectivity index (χ4v) is 2.66. The molecular weight excluding hydrogens is 242 g/mol. The second-order valence-corrected chi connectivity index (χ2v) is 5.42. The van der Waals surface area contributed by atoms with E-state index >= 15 is 0 Å². The van der Waals surface area contributed by atoms with E-state index in [1.807, 2.05) is 0 Å². The summed E-state index contributed by atoms with van der Waals surface area (Å²) in [5.41, 5.74) is -0.903. The molecule has 1 aromatic heterocycles. The summed E-state index contributed by atoms with van der Waals surface area (Å²) in [6.07, 6.45) is 10.0. The Balaban J connectivity index is 1.78. The van der Waals surface area contributed by atoms with Crippen LogP contribution in [0.3, 0.4) is 0 Å². The summed E-state index contributed by atoms with van der Waals surface area (Å²) in [6, 6.07) is 0. The zero-order valence-electron chi connectivity index (χ0n) is 11.6. The highest BCUT2D eigenvalue weighted by Gasteiger charge is 2.12. The van der Waals surface area contributed by atoms with E-state index in [9.17, 15) is 9.59 Å². The summed E-state index contributed by atoms with van der Waals surface area (Å²) in [4.78, 5) is 23.2. The van der Waals surface area contributed by atoms with Gasteiger partial charge in [0.25, 0.3) is 0 Å². The molecule has 19 heavy (non-hydrogen) atoms. The van der Waals surface area contributed by atoms with Crippen LogP contribution in [0, 0.1) is 5.92 Å². The van der Waals surface area contributed by atoms with Crippen molar-refractivity contribution in [3.63, 3.8) is 0 Å². The zero-order valence-corrected chi connectivity index (χ0v) is 11.6. The SMILES string of the molecule is Cn1ccn(CCNCC2CCCCC2)c(=O)c1=O. The molecule has 1 heterocycles. The lowest BCUT2D eigenvalue weighted by molar-refractivity contribution is 0.340. The fourth-order valence-electron chi connectivity index (χ4n) is 2.66. The monoisotopic (exact) mass is 265 g/mol. The van der Waals surface area contributed by atoms with E-state index in [4.69, 9.17) is 0 Å². The van der Waals surface area contributed by atoms with Crippen molar-refractivity contribution in [3.8, 4) is 0 Å². The summed E-state index contributed by atoms with van der Waals surface area (Å²) in [6.45, 7) is 2.32. The van der Waals surface area contributed by atoms with Crippen LogP contribution in [0.4, 0.5) is 0 Å². The Morgan fingerprint density at radius 1 is 1.16 bits per heavy atom. The van der Waals surface area contributed by atoms with Gasteiger partial charge in [0.05, 0.1) is 0 Å². The summed E-state index contributed by atoms with van der Waals surface area (Å²) >= 11 is 0. The Bertz CT molecular complexity index is 512. The summed E-state index contributed by atoms with van der Waals surface area (Å²) in [7, 11) is 1.59. The molecule has 1 fully saturated rings. The molecule has 0 bridgehead atoms. The summed E-state index contributed by atoms with van der Waals surface area (Å²) in [5, 5.41) is 3.40. The van der Waals surface area contributed by atoms with Gasteiger partial charge in [-0.05, 0) is 25.3 Å². The van der Waals surface area contributed by atoms with E-state index in [2.05, 4.69) is 5.32 Å². The van der Waals surface area contributed by atoms with Crippen molar-refractivity contribution in [2.24, 2.45) is 13.0 Å². The van der Waals surface area contributed by atoms with Crippen LogP contribution in [0.5, 0.6) is 0 Å². The molecule has 1 aliphatic carbocycles. The van der Waals surface area contributed by atoms with Gasteiger partial charge >= 0.3 is 11.1 Å². The van der Waals surface area contributed by atoms with Gasteiger partial charge in [0, 0.05) is 32.5 Å². The summed E-state index contributed by atoms with van der Waals surface area (Å²) < 4.78 is 2.80. The van der Waals surface area contributed by atoms with Crippen LogP contribution in [0.1, 0.15) is 32.1 Å². The van der Waals surface area contributed by atoms with Crippen molar-refractivity contribution < 1.29 is 0 Å².